The van der Waals surface area contributed by atoms with Crippen LogP contribution >= 0.6 is 0 Å². The molecule has 0 atom stereocenters. The van der Waals surface area contributed by atoms with E-state index in [9.17, 15) is 14.4 Å². The van der Waals surface area contributed by atoms with Crippen LogP contribution in [0.3, 0.4) is 0 Å². The van der Waals surface area contributed by atoms with Crippen LogP contribution in [0.2, 0.25) is 0 Å². The van der Waals surface area contributed by atoms with E-state index in [1.54, 1.807) is 7.05 Å². The standard InChI is InChI=1S/C19H28N6O3/c1-22-8-10-25(11-9-22)7-5-4-6-20-17(26)14-12-15-16(21-13-14)23(2)19(28)24(3)18(15)27/h12-13H,4-11H2,1-3H3,(H,20,26). The molecule has 0 spiro atoms. The Balaban J connectivity index is 1.55. The molecule has 1 aliphatic rings. The fourth-order valence-electron chi connectivity index (χ4n) is 3.43. The Hall–Kier alpha value is -2.52. The summed E-state index contributed by atoms with van der Waals surface area (Å²) in [7, 11) is 5.11. The first-order chi connectivity index (χ1) is 13.4. The molecular formula is C19H28N6O3. The Bertz CT molecular complexity index is 972. The van der Waals surface area contributed by atoms with Crippen molar-refractivity contribution in [2.75, 3.05) is 46.3 Å². The Morgan fingerprint density at radius 3 is 2.50 bits per heavy atom. The minimum Gasteiger partial charge on any atom is -0.352 e. The molecular weight excluding hydrogens is 360 g/mol. The van der Waals surface area contributed by atoms with E-state index in [0.717, 1.165) is 50.1 Å². The summed E-state index contributed by atoms with van der Waals surface area (Å²) in [4.78, 5) is 45.6. The Labute approximate surface area is 163 Å². The number of hydrogen-bond donors (Lipinski definition) is 1. The third-order valence-electron chi connectivity index (χ3n) is 5.34. The lowest BCUT2D eigenvalue weighted by Gasteiger charge is -2.32. The van der Waals surface area contributed by atoms with Gasteiger partial charge in [-0.1, -0.05) is 0 Å². The molecule has 2 aromatic rings. The van der Waals surface area contributed by atoms with Crippen LogP contribution in [0.15, 0.2) is 21.9 Å². The monoisotopic (exact) mass is 388 g/mol. The number of nitrogens with zero attached hydrogens (tertiary/aromatic N) is 5. The normalized spacial score (nSPS) is 15.8. The number of piperazine rings is 1. The van der Waals surface area contributed by atoms with Crippen molar-refractivity contribution in [1.29, 1.82) is 0 Å². The van der Waals surface area contributed by atoms with Crippen LogP contribution < -0.4 is 16.6 Å². The topological polar surface area (TPSA) is 92.5 Å². The lowest BCUT2D eigenvalue weighted by atomic mass is 10.2. The molecule has 3 rings (SSSR count). The first-order valence-corrected chi connectivity index (χ1v) is 9.63. The van der Waals surface area contributed by atoms with Gasteiger partial charge in [-0.2, -0.15) is 0 Å². The number of aromatic nitrogens is 3. The van der Waals surface area contributed by atoms with Crippen LogP contribution in [0.1, 0.15) is 23.2 Å². The maximum absolute atomic E-state index is 12.4. The van der Waals surface area contributed by atoms with Gasteiger partial charge in [0.1, 0.15) is 5.65 Å². The summed E-state index contributed by atoms with van der Waals surface area (Å²) in [6, 6.07) is 1.50. The smallest absolute Gasteiger partial charge is 0.332 e. The molecule has 0 bridgehead atoms. The van der Waals surface area contributed by atoms with E-state index in [1.807, 2.05) is 0 Å². The second-order valence-electron chi connectivity index (χ2n) is 7.41. The Kier molecular flexibility index (Phi) is 6.25. The average Bonchev–Trinajstić information content (AvgIpc) is 2.71. The molecule has 1 fully saturated rings. The summed E-state index contributed by atoms with van der Waals surface area (Å²) < 4.78 is 2.32. The molecule has 1 amide bonds. The van der Waals surface area contributed by atoms with Crippen LogP contribution in [0.25, 0.3) is 11.0 Å². The zero-order valence-electron chi connectivity index (χ0n) is 16.8. The number of likely N-dealkylation sites (N-methyl/N-ethyl adjacent to an activating group) is 1. The van der Waals surface area contributed by atoms with Gasteiger partial charge in [-0.05, 0) is 32.5 Å². The SMILES string of the molecule is CN1CCN(CCCCNC(=O)c2cnc3c(c2)c(=O)n(C)c(=O)n3C)CC1. The number of amides is 1. The number of hydrogen-bond acceptors (Lipinski definition) is 6. The first-order valence-electron chi connectivity index (χ1n) is 9.63. The minimum absolute atomic E-state index is 0.257. The van der Waals surface area contributed by atoms with Crippen LogP contribution in [0.5, 0.6) is 0 Å². The zero-order valence-corrected chi connectivity index (χ0v) is 16.8. The maximum Gasteiger partial charge on any atom is 0.332 e. The van der Waals surface area contributed by atoms with Crippen LogP contribution in [0, 0.1) is 0 Å². The number of rotatable bonds is 6. The molecule has 2 aromatic heterocycles. The van der Waals surface area contributed by atoms with Gasteiger partial charge in [-0.15, -0.1) is 0 Å². The van der Waals surface area contributed by atoms with Gasteiger partial charge in [0, 0.05) is 53.0 Å². The van der Waals surface area contributed by atoms with Crippen molar-refractivity contribution in [2.45, 2.75) is 12.8 Å². The fraction of sp³-hybridized carbons (Fsp3) is 0.579. The third-order valence-corrected chi connectivity index (χ3v) is 5.34. The molecule has 9 heteroatoms. The molecule has 1 saturated heterocycles. The average molecular weight is 388 g/mol. The Morgan fingerprint density at radius 1 is 1.07 bits per heavy atom. The summed E-state index contributed by atoms with van der Waals surface area (Å²) >= 11 is 0. The van der Waals surface area contributed by atoms with Gasteiger partial charge in [0.15, 0.2) is 0 Å². The molecule has 0 aromatic carbocycles. The van der Waals surface area contributed by atoms with Gasteiger partial charge in [0.2, 0.25) is 0 Å². The highest BCUT2D eigenvalue weighted by Gasteiger charge is 2.14. The van der Waals surface area contributed by atoms with Crippen LogP contribution in [-0.4, -0.2) is 76.1 Å². The first kappa shape index (κ1) is 20.2. The second kappa shape index (κ2) is 8.66. The molecule has 152 valence electrons. The predicted molar refractivity (Wildman–Crippen MR) is 108 cm³/mol. The number of aryl methyl sites for hydroxylation is 1. The van der Waals surface area contributed by atoms with Gasteiger partial charge in [-0.25, -0.2) is 9.78 Å². The van der Waals surface area contributed by atoms with E-state index in [2.05, 4.69) is 27.1 Å². The molecule has 0 unspecified atom stereocenters. The summed E-state index contributed by atoms with van der Waals surface area (Å²) in [5, 5.41) is 3.14. The van der Waals surface area contributed by atoms with Crippen LogP contribution in [0.4, 0.5) is 0 Å². The summed E-state index contributed by atoms with van der Waals surface area (Å²) in [6.07, 6.45) is 3.33. The van der Waals surface area contributed by atoms with E-state index in [1.165, 1.54) is 23.9 Å². The Morgan fingerprint density at radius 2 is 1.79 bits per heavy atom. The highest BCUT2D eigenvalue weighted by atomic mass is 16.2. The molecule has 28 heavy (non-hydrogen) atoms. The zero-order chi connectivity index (χ0) is 20.3. The molecule has 0 saturated carbocycles. The summed E-state index contributed by atoms with van der Waals surface area (Å²) in [6.45, 7) is 6.04. The largest absolute Gasteiger partial charge is 0.352 e. The van der Waals surface area contributed by atoms with Gasteiger partial charge >= 0.3 is 5.69 Å². The van der Waals surface area contributed by atoms with Gasteiger partial charge < -0.3 is 15.1 Å². The van der Waals surface area contributed by atoms with Crippen molar-refractivity contribution in [3.05, 3.63) is 38.7 Å². The van der Waals surface area contributed by atoms with Crippen molar-refractivity contribution in [1.82, 2.24) is 29.2 Å². The number of fused-ring (bicyclic) bond motifs is 1. The third kappa shape index (κ3) is 4.31. The van der Waals surface area contributed by atoms with Crippen molar-refractivity contribution in [3.8, 4) is 0 Å². The lowest BCUT2D eigenvalue weighted by molar-refractivity contribution is 0.0951. The van der Waals surface area contributed by atoms with E-state index < -0.39 is 11.2 Å². The number of unbranched alkanes of at least 4 members (excludes halogenated alkanes) is 1. The highest BCUT2D eigenvalue weighted by Crippen LogP contribution is 2.07. The van der Waals surface area contributed by atoms with Crippen molar-refractivity contribution in [2.24, 2.45) is 14.1 Å². The van der Waals surface area contributed by atoms with E-state index in [-0.39, 0.29) is 16.9 Å². The molecule has 3 heterocycles. The van der Waals surface area contributed by atoms with Crippen molar-refractivity contribution >= 4 is 16.9 Å². The van der Waals surface area contributed by atoms with Crippen LogP contribution in [-0.2, 0) is 14.1 Å². The van der Waals surface area contributed by atoms with E-state index in [4.69, 9.17) is 0 Å². The van der Waals surface area contributed by atoms with E-state index >= 15 is 0 Å². The van der Waals surface area contributed by atoms with Crippen molar-refractivity contribution < 1.29 is 4.79 Å². The molecule has 1 N–H and O–H groups in total. The number of pyridine rings is 1. The molecule has 0 radical (unpaired) electrons. The highest BCUT2D eigenvalue weighted by molar-refractivity contribution is 5.96. The van der Waals surface area contributed by atoms with Crippen molar-refractivity contribution in [3.63, 3.8) is 0 Å². The maximum atomic E-state index is 12.4. The molecule has 1 aliphatic heterocycles. The van der Waals surface area contributed by atoms with Gasteiger partial charge in [-0.3, -0.25) is 18.7 Å². The minimum atomic E-state index is -0.451. The molecule has 9 nitrogen and oxygen atoms in total. The second-order valence-corrected chi connectivity index (χ2v) is 7.41. The van der Waals surface area contributed by atoms with Gasteiger partial charge in [0.05, 0.1) is 10.9 Å². The summed E-state index contributed by atoms with van der Waals surface area (Å²) in [5.41, 5.74) is -0.297. The number of nitrogens with one attached hydrogen (secondary N) is 1. The number of carbonyl (C=O) groups excluding carboxylic acids is 1. The van der Waals surface area contributed by atoms with E-state index in [0.29, 0.717) is 12.1 Å². The molecule has 0 aliphatic carbocycles. The predicted octanol–water partition coefficient (Wildman–Crippen LogP) is -0.610. The quantitative estimate of drug-likeness (QED) is 0.664. The lowest BCUT2D eigenvalue weighted by Crippen LogP contribution is -2.44. The summed E-state index contributed by atoms with van der Waals surface area (Å²) in [5.74, 6) is -0.259. The number of carbonyl (C=O) groups is 1. The van der Waals surface area contributed by atoms with Gasteiger partial charge in [0.25, 0.3) is 11.5 Å². The fourth-order valence-corrected chi connectivity index (χ4v) is 3.43.